The van der Waals surface area contributed by atoms with Crippen molar-refractivity contribution in [1.29, 1.82) is 0 Å². The summed E-state index contributed by atoms with van der Waals surface area (Å²) in [6, 6.07) is 16.3. The van der Waals surface area contributed by atoms with Gasteiger partial charge in [-0.15, -0.1) is 0 Å². The summed E-state index contributed by atoms with van der Waals surface area (Å²) in [5.41, 5.74) is 3.80. The number of nitrogens with zero attached hydrogens (tertiary/aromatic N) is 4. The van der Waals surface area contributed by atoms with E-state index in [9.17, 15) is 13.2 Å². The maximum absolute atomic E-state index is 12.8. The first-order valence-electron chi connectivity index (χ1n) is 13.1. The molecule has 40 heavy (non-hydrogen) atoms. The fourth-order valence-corrected chi connectivity index (χ4v) is 6.20. The van der Waals surface area contributed by atoms with Gasteiger partial charge in [0, 0.05) is 43.0 Å². The Labute approximate surface area is 232 Å². The first kappa shape index (κ1) is 26.3. The van der Waals surface area contributed by atoms with Gasteiger partial charge in [0.1, 0.15) is 5.82 Å². The van der Waals surface area contributed by atoms with Crippen molar-refractivity contribution in [2.24, 2.45) is 0 Å². The predicted octanol–water partition coefficient (Wildman–Crippen LogP) is 2.51. The first-order valence-corrected chi connectivity index (χ1v) is 15.0. The van der Waals surface area contributed by atoms with Gasteiger partial charge in [0.05, 0.1) is 52.8 Å². The summed E-state index contributed by atoms with van der Waals surface area (Å²) in [5.74, 6) is 0.531. The van der Waals surface area contributed by atoms with E-state index in [-0.39, 0.29) is 28.4 Å². The summed E-state index contributed by atoms with van der Waals surface area (Å²) in [6.07, 6.45) is 2.86. The van der Waals surface area contributed by atoms with E-state index >= 15 is 0 Å². The third kappa shape index (κ3) is 5.27. The lowest BCUT2D eigenvalue weighted by Crippen LogP contribution is -2.73. The Hall–Kier alpha value is -3.93. The van der Waals surface area contributed by atoms with Crippen LogP contribution in [0.15, 0.2) is 65.7 Å². The van der Waals surface area contributed by atoms with Crippen LogP contribution in [-0.4, -0.2) is 73.9 Å². The van der Waals surface area contributed by atoms with Crippen LogP contribution < -0.4 is 15.5 Å². The third-order valence-corrected chi connectivity index (χ3v) is 8.58. The molecular formula is C29H30N6O4S. The molecule has 10 nitrogen and oxygen atoms in total. The van der Waals surface area contributed by atoms with Gasteiger partial charge >= 0.3 is 0 Å². The smallest absolute Gasteiger partial charge is 0.251 e. The molecule has 2 aliphatic rings. The van der Waals surface area contributed by atoms with Gasteiger partial charge in [0.15, 0.2) is 9.84 Å². The Morgan fingerprint density at radius 3 is 2.70 bits per heavy atom. The molecule has 2 fully saturated rings. The van der Waals surface area contributed by atoms with Crippen LogP contribution in [0.5, 0.6) is 0 Å². The van der Waals surface area contributed by atoms with Crippen LogP contribution in [0.25, 0.3) is 22.3 Å². The second kappa shape index (κ2) is 10.2. The van der Waals surface area contributed by atoms with Crippen molar-refractivity contribution in [3.05, 3.63) is 77.6 Å². The highest BCUT2D eigenvalue weighted by molar-refractivity contribution is 7.90. The molecular weight excluding hydrogens is 528 g/mol. The molecule has 0 saturated carbocycles. The van der Waals surface area contributed by atoms with Crippen LogP contribution in [0, 0.1) is 6.92 Å². The van der Waals surface area contributed by atoms with Crippen molar-refractivity contribution in [3.8, 4) is 11.4 Å². The topological polar surface area (TPSA) is 126 Å². The number of ether oxygens (including phenoxy) is 1. The molecule has 0 bridgehead atoms. The standard InChI is InChI=1S/C29H30N6O4S/c1-19-6-7-20(12-26(19)40(2,37)38)28(36)31-15-22-13-25-21(14-30-22)8-9-24(33-25)23-4-3-5-27(34-23)35-16-29(17-35)18-39-11-10-32-29/h3-9,12-14,32H,10-11,15-18H2,1-2H3,(H,31,36). The van der Waals surface area contributed by atoms with Crippen LogP contribution >= 0.6 is 0 Å². The maximum Gasteiger partial charge on any atom is 0.251 e. The molecule has 2 N–H and O–H groups in total. The molecule has 2 saturated heterocycles. The van der Waals surface area contributed by atoms with E-state index in [1.54, 1.807) is 25.3 Å². The number of benzene rings is 1. The summed E-state index contributed by atoms with van der Waals surface area (Å²) >= 11 is 0. The van der Waals surface area contributed by atoms with E-state index in [0.717, 1.165) is 67.2 Å². The molecule has 5 heterocycles. The summed E-state index contributed by atoms with van der Waals surface area (Å²) in [4.78, 5) is 29.3. The molecule has 11 heteroatoms. The van der Waals surface area contributed by atoms with Gasteiger partial charge < -0.3 is 20.3 Å². The van der Waals surface area contributed by atoms with Crippen LogP contribution in [-0.2, 0) is 21.1 Å². The van der Waals surface area contributed by atoms with Crippen LogP contribution in [0.1, 0.15) is 21.6 Å². The zero-order valence-corrected chi connectivity index (χ0v) is 23.2. The summed E-state index contributed by atoms with van der Waals surface area (Å²) in [5, 5.41) is 7.28. The number of hydrogen-bond acceptors (Lipinski definition) is 9. The fraction of sp³-hybridized carbons (Fsp3) is 0.310. The number of carbonyl (C=O) groups is 1. The van der Waals surface area contributed by atoms with Gasteiger partial charge in [-0.25, -0.2) is 18.4 Å². The lowest BCUT2D eigenvalue weighted by molar-refractivity contribution is 0.0135. The molecule has 0 atom stereocenters. The van der Waals surface area contributed by atoms with E-state index in [1.165, 1.54) is 6.07 Å². The minimum Gasteiger partial charge on any atom is -0.378 e. The molecule has 1 amide bonds. The number of morpholine rings is 1. The number of sulfone groups is 1. The Balaban J connectivity index is 1.17. The van der Waals surface area contributed by atoms with Crippen molar-refractivity contribution in [1.82, 2.24) is 25.6 Å². The second-order valence-electron chi connectivity index (χ2n) is 10.5. The van der Waals surface area contributed by atoms with Crippen LogP contribution in [0.2, 0.25) is 0 Å². The van der Waals surface area contributed by atoms with E-state index < -0.39 is 9.84 Å². The molecule has 3 aromatic heterocycles. The van der Waals surface area contributed by atoms with Gasteiger partial charge in [-0.1, -0.05) is 12.1 Å². The van der Waals surface area contributed by atoms with Crippen molar-refractivity contribution in [2.45, 2.75) is 23.9 Å². The Kier molecular flexibility index (Phi) is 6.73. The summed E-state index contributed by atoms with van der Waals surface area (Å²) in [6.45, 7) is 5.93. The van der Waals surface area contributed by atoms with Crippen LogP contribution in [0.3, 0.4) is 0 Å². The van der Waals surface area contributed by atoms with Gasteiger partial charge in [-0.2, -0.15) is 0 Å². The highest BCUT2D eigenvalue weighted by Gasteiger charge is 2.44. The van der Waals surface area contributed by atoms with E-state index in [0.29, 0.717) is 11.3 Å². The number of hydrogen-bond donors (Lipinski definition) is 2. The zero-order valence-electron chi connectivity index (χ0n) is 22.3. The number of aromatic nitrogens is 3. The molecule has 2 aliphatic heterocycles. The molecule has 4 aromatic rings. The average molecular weight is 559 g/mol. The maximum atomic E-state index is 12.8. The Morgan fingerprint density at radius 1 is 1.10 bits per heavy atom. The van der Waals surface area contributed by atoms with Crippen molar-refractivity contribution in [3.63, 3.8) is 0 Å². The quantitative estimate of drug-likeness (QED) is 0.367. The SMILES string of the molecule is Cc1ccc(C(=O)NCc2cc3nc(-c4cccc(N5CC6(COCCN6)C5)n4)ccc3cn2)cc1S(C)(=O)=O. The highest BCUT2D eigenvalue weighted by atomic mass is 32.2. The number of pyridine rings is 3. The Morgan fingerprint density at radius 2 is 1.93 bits per heavy atom. The van der Waals surface area contributed by atoms with Crippen LogP contribution in [0.4, 0.5) is 5.82 Å². The lowest BCUT2D eigenvalue weighted by Gasteiger charge is -2.52. The number of aryl methyl sites for hydroxylation is 1. The second-order valence-corrected chi connectivity index (χ2v) is 12.5. The van der Waals surface area contributed by atoms with Gasteiger partial charge in [-0.3, -0.25) is 9.78 Å². The molecule has 1 aromatic carbocycles. The zero-order chi connectivity index (χ0) is 27.9. The summed E-state index contributed by atoms with van der Waals surface area (Å²) < 4.78 is 29.7. The number of anilines is 1. The number of amides is 1. The van der Waals surface area contributed by atoms with Gasteiger partial charge in [0.2, 0.25) is 0 Å². The Bertz CT molecular complexity index is 1710. The predicted molar refractivity (Wildman–Crippen MR) is 152 cm³/mol. The monoisotopic (exact) mass is 558 g/mol. The molecule has 206 valence electrons. The van der Waals surface area contributed by atoms with E-state index in [4.69, 9.17) is 14.7 Å². The molecule has 0 radical (unpaired) electrons. The van der Waals surface area contributed by atoms with E-state index in [2.05, 4.69) is 20.5 Å². The normalized spacial score (nSPS) is 16.6. The third-order valence-electron chi connectivity index (χ3n) is 7.34. The minimum absolute atomic E-state index is 0.0192. The van der Waals surface area contributed by atoms with Crippen molar-refractivity contribution < 1.29 is 17.9 Å². The first-order chi connectivity index (χ1) is 19.2. The molecule has 0 unspecified atom stereocenters. The van der Waals surface area contributed by atoms with Gasteiger partial charge in [0.25, 0.3) is 5.91 Å². The minimum atomic E-state index is -3.44. The van der Waals surface area contributed by atoms with Crippen molar-refractivity contribution in [2.75, 3.05) is 44.0 Å². The van der Waals surface area contributed by atoms with Crippen molar-refractivity contribution >= 4 is 32.5 Å². The average Bonchev–Trinajstić information content (AvgIpc) is 2.94. The van der Waals surface area contributed by atoms with E-state index in [1.807, 2.05) is 36.4 Å². The lowest BCUT2D eigenvalue weighted by atomic mass is 9.89. The van der Waals surface area contributed by atoms with Gasteiger partial charge in [-0.05, 0) is 55.0 Å². The number of nitrogens with one attached hydrogen (secondary N) is 2. The fourth-order valence-electron chi connectivity index (χ4n) is 5.21. The largest absolute Gasteiger partial charge is 0.378 e. The number of rotatable bonds is 6. The molecule has 6 rings (SSSR count). The number of carbonyl (C=O) groups excluding carboxylic acids is 1. The highest BCUT2D eigenvalue weighted by Crippen LogP contribution is 2.30. The molecule has 0 aliphatic carbocycles. The summed E-state index contributed by atoms with van der Waals surface area (Å²) in [7, 11) is -3.44. The molecule has 1 spiro atoms. The number of fused-ring (bicyclic) bond motifs is 1.